The molecule has 0 fully saturated rings. The zero-order chi connectivity index (χ0) is 10.2. The fourth-order valence-electron chi connectivity index (χ4n) is 1.82. The number of benzene rings is 1. The maximum absolute atomic E-state index is 3.13. The minimum atomic E-state index is 0.365. The Balaban J connectivity index is 2.35. The molecule has 74 valence electrons. The second kappa shape index (κ2) is 3.16. The van der Waals surface area contributed by atoms with Crippen LogP contribution in [0.25, 0.3) is 10.8 Å². The minimum absolute atomic E-state index is 0.365. The van der Waals surface area contributed by atoms with Crippen LogP contribution in [0.15, 0.2) is 30.6 Å². The molecule has 1 heterocycles. The molecular formula is C13H17N. The van der Waals surface area contributed by atoms with Crippen molar-refractivity contribution in [1.29, 1.82) is 0 Å². The highest BCUT2D eigenvalue weighted by atomic mass is 14.6. The van der Waals surface area contributed by atoms with E-state index in [0.29, 0.717) is 5.41 Å². The van der Waals surface area contributed by atoms with E-state index in [1.165, 1.54) is 16.3 Å². The average Bonchev–Trinajstić information content (AvgIpc) is 2.47. The van der Waals surface area contributed by atoms with E-state index in [-0.39, 0.29) is 0 Å². The minimum Gasteiger partial charge on any atom is -0.366 e. The predicted octanol–water partition coefficient (Wildman–Crippen LogP) is 3.76. The molecule has 1 heteroatoms. The SMILES string of the molecule is CC(C)(C)Cc1ccc2c[nH]cc2c1. The fraction of sp³-hybridized carbons (Fsp3) is 0.385. The van der Waals surface area contributed by atoms with E-state index < -0.39 is 0 Å². The van der Waals surface area contributed by atoms with Gasteiger partial charge in [-0.05, 0) is 34.2 Å². The maximum atomic E-state index is 3.13. The molecule has 1 aromatic heterocycles. The Hall–Kier alpha value is -1.24. The summed E-state index contributed by atoms with van der Waals surface area (Å²) in [5.41, 5.74) is 1.79. The van der Waals surface area contributed by atoms with E-state index in [2.05, 4.69) is 50.2 Å². The zero-order valence-corrected chi connectivity index (χ0v) is 9.09. The van der Waals surface area contributed by atoms with Crippen molar-refractivity contribution in [3.8, 4) is 0 Å². The van der Waals surface area contributed by atoms with E-state index in [4.69, 9.17) is 0 Å². The monoisotopic (exact) mass is 187 g/mol. The topological polar surface area (TPSA) is 15.8 Å². The summed E-state index contributed by atoms with van der Waals surface area (Å²) in [5.74, 6) is 0. The molecule has 0 unspecified atom stereocenters. The molecule has 0 aliphatic carbocycles. The number of rotatable bonds is 1. The van der Waals surface area contributed by atoms with Crippen LogP contribution < -0.4 is 0 Å². The van der Waals surface area contributed by atoms with Crippen LogP contribution in [0.4, 0.5) is 0 Å². The van der Waals surface area contributed by atoms with Crippen LogP contribution in [-0.2, 0) is 6.42 Å². The number of hydrogen-bond donors (Lipinski definition) is 1. The molecule has 2 rings (SSSR count). The van der Waals surface area contributed by atoms with E-state index in [1.54, 1.807) is 0 Å². The first kappa shape index (κ1) is 9.32. The van der Waals surface area contributed by atoms with Crippen molar-refractivity contribution in [2.24, 2.45) is 5.41 Å². The van der Waals surface area contributed by atoms with Crippen molar-refractivity contribution in [2.75, 3.05) is 0 Å². The molecule has 1 nitrogen and oxygen atoms in total. The molecule has 0 saturated heterocycles. The maximum Gasteiger partial charge on any atom is 0.00844 e. The lowest BCUT2D eigenvalue weighted by Gasteiger charge is -2.17. The number of aromatic amines is 1. The Labute approximate surface area is 85.1 Å². The average molecular weight is 187 g/mol. The second-order valence-electron chi connectivity index (χ2n) is 5.16. The van der Waals surface area contributed by atoms with Crippen LogP contribution >= 0.6 is 0 Å². The Bertz CT molecular complexity index is 432. The lowest BCUT2D eigenvalue weighted by atomic mass is 9.88. The highest BCUT2D eigenvalue weighted by Crippen LogP contribution is 2.23. The van der Waals surface area contributed by atoms with Crippen LogP contribution in [-0.4, -0.2) is 4.98 Å². The van der Waals surface area contributed by atoms with Gasteiger partial charge in [0, 0.05) is 12.4 Å². The molecule has 14 heavy (non-hydrogen) atoms. The van der Waals surface area contributed by atoms with Crippen molar-refractivity contribution in [3.05, 3.63) is 36.2 Å². The van der Waals surface area contributed by atoms with Gasteiger partial charge in [0.05, 0.1) is 0 Å². The first-order valence-electron chi connectivity index (χ1n) is 5.10. The fourth-order valence-corrected chi connectivity index (χ4v) is 1.82. The third-order valence-corrected chi connectivity index (χ3v) is 2.36. The molecule has 0 aliphatic rings. The van der Waals surface area contributed by atoms with Crippen LogP contribution in [0.5, 0.6) is 0 Å². The number of nitrogens with one attached hydrogen (secondary N) is 1. The summed E-state index contributed by atoms with van der Waals surface area (Å²) < 4.78 is 0. The van der Waals surface area contributed by atoms with Crippen LogP contribution in [0.3, 0.4) is 0 Å². The first-order valence-corrected chi connectivity index (χ1v) is 5.10. The summed E-state index contributed by atoms with van der Waals surface area (Å²) in [6.07, 6.45) is 5.23. The van der Waals surface area contributed by atoms with Crippen molar-refractivity contribution >= 4 is 10.8 Å². The van der Waals surface area contributed by atoms with Gasteiger partial charge in [-0.3, -0.25) is 0 Å². The van der Waals surface area contributed by atoms with Gasteiger partial charge < -0.3 is 4.98 Å². The summed E-state index contributed by atoms with van der Waals surface area (Å²) >= 11 is 0. The summed E-state index contributed by atoms with van der Waals surface area (Å²) in [6, 6.07) is 6.69. The quantitative estimate of drug-likeness (QED) is 0.699. The number of H-pyrrole nitrogens is 1. The Morgan fingerprint density at radius 1 is 1.07 bits per heavy atom. The van der Waals surface area contributed by atoms with Gasteiger partial charge in [-0.1, -0.05) is 32.9 Å². The molecule has 0 radical (unpaired) electrons. The number of aromatic nitrogens is 1. The Morgan fingerprint density at radius 3 is 2.50 bits per heavy atom. The Kier molecular flexibility index (Phi) is 2.10. The van der Waals surface area contributed by atoms with Crippen LogP contribution in [0.1, 0.15) is 26.3 Å². The number of fused-ring (bicyclic) bond motifs is 1. The molecule has 0 spiro atoms. The van der Waals surface area contributed by atoms with E-state index >= 15 is 0 Å². The summed E-state index contributed by atoms with van der Waals surface area (Å²) in [6.45, 7) is 6.82. The predicted molar refractivity (Wildman–Crippen MR) is 61.5 cm³/mol. The van der Waals surface area contributed by atoms with Gasteiger partial charge in [-0.15, -0.1) is 0 Å². The molecule has 0 bridgehead atoms. The van der Waals surface area contributed by atoms with Gasteiger partial charge in [-0.2, -0.15) is 0 Å². The zero-order valence-electron chi connectivity index (χ0n) is 9.09. The summed E-state index contributed by atoms with van der Waals surface area (Å²) in [4.78, 5) is 3.13. The summed E-state index contributed by atoms with van der Waals surface area (Å²) in [5, 5.41) is 2.61. The Morgan fingerprint density at radius 2 is 1.79 bits per heavy atom. The van der Waals surface area contributed by atoms with Crippen molar-refractivity contribution in [3.63, 3.8) is 0 Å². The van der Waals surface area contributed by atoms with Gasteiger partial charge in [0.1, 0.15) is 0 Å². The molecule has 1 aromatic carbocycles. The molecule has 2 aromatic rings. The van der Waals surface area contributed by atoms with E-state index in [1.807, 2.05) is 6.20 Å². The van der Waals surface area contributed by atoms with Gasteiger partial charge >= 0.3 is 0 Å². The van der Waals surface area contributed by atoms with E-state index in [0.717, 1.165) is 6.42 Å². The second-order valence-corrected chi connectivity index (χ2v) is 5.16. The van der Waals surface area contributed by atoms with Crippen LogP contribution in [0, 0.1) is 5.41 Å². The summed E-state index contributed by atoms with van der Waals surface area (Å²) in [7, 11) is 0. The van der Waals surface area contributed by atoms with Crippen molar-refractivity contribution in [1.82, 2.24) is 4.98 Å². The van der Waals surface area contributed by atoms with E-state index in [9.17, 15) is 0 Å². The number of hydrogen-bond acceptors (Lipinski definition) is 0. The first-order chi connectivity index (χ1) is 6.54. The van der Waals surface area contributed by atoms with Gasteiger partial charge in [0.2, 0.25) is 0 Å². The van der Waals surface area contributed by atoms with Gasteiger partial charge in [0.25, 0.3) is 0 Å². The lowest BCUT2D eigenvalue weighted by molar-refractivity contribution is 0.411. The molecule has 0 amide bonds. The van der Waals surface area contributed by atoms with Crippen molar-refractivity contribution < 1.29 is 0 Å². The van der Waals surface area contributed by atoms with Gasteiger partial charge in [-0.25, -0.2) is 0 Å². The third-order valence-electron chi connectivity index (χ3n) is 2.36. The highest BCUT2D eigenvalue weighted by molar-refractivity contribution is 5.82. The third kappa shape index (κ3) is 1.98. The standard InChI is InChI=1S/C13H17N/c1-13(2,3)7-10-4-5-11-8-14-9-12(11)6-10/h4-6,8-9,14H,7H2,1-3H3. The molecule has 0 saturated carbocycles. The van der Waals surface area contributed by atoms with Crippen LogP contribution in [0.2, 0.25) is 0 Å². The highest BCUT2D eigenvalue weighted by Gasteiger charge is 2.11. The smallest absolute Gasteiger partial charge is 0.00844 e. The lowest BCUT2D eigenvalue weighted by Crippen LogP contribution is -2.08. The normalized spacial score (nSPS) is 12.2. The largest absolute Gasteiger partial charge is 0.366 e. The molecular weight excluding hydrogens is 170 g/mol. The van der Waals surface area contributed by atoms with Crippen molar-refractivity contribution in [2.45, 2.75) is 27.2 Å². The molecule has 0 aliphatic heterocycles. The molecule has 0 atom stereocenters. The molecule has 1 N–H and O–H groups in total. The van der Waals surface area contributed by atoms with Gasteiger partial charge in [0.15, 0.2) is 0 Å².